The molecular formula is C17H12Cl3N3O. The lowest BCUT2D eigenvalue weighted by molar-refractivity contribution is -0.116. The molecule has 4 nitrogen and oxygen atoms in total. The maximum Gasteiger partial charge on any atom is 0.244 e. The van der Waals surface area contributed by atoms with E-state index in [2.05, 4.69) is 10.3 Å². The van der Waals surface area contributed by atoms with E-state index in [0.29, 0.717) is 21.6 Å². The first-order valence-corrected chi connectivity index (χ1v) is 8.19. The summed E-state index contributed by atoms with van der Waals surface area (Å²) in [6.45, 7) is 0.316. The van der Waals surface area contributed by atoms with Crippen LogP contribution in [0, 0.1) is 0 Å². The summed E-state index contributed by atoms with van der Waals surface area (Å²) in [5.41, 5.74) is 2.19. The van der Waals surface area contributed by atoms with Gasteiger partial charge < -0.3 is 9.72 Å². The largest absolute Gasteiger partial charge is 0.347 e. The molecule has 0 fully saturated rings. The average Bonchev–Trinajstić information content (AvgIpc) is 2.94. The Kier molecular flexibility index (Phi) is 5.09. The van der Waals surface area contributed by atoms with Gasteiger partial charge in [0.2, 0.25) is 5.91 Å². The molecule has 0 saturated heterocycles. The van der Waals surface area contributed by atoms with Crippen molar-refractivity contribution < 1.29 is 4.79 Å². The molecule has 1 aromatic carbocycles. The molecular weight excluding hydrogens is 369 g/mol. The molecule has 0 radical (unpaired) electrons. The summed E-state index contributed by atoms with van der Waals surface area (Å²) in [7, 11) is 0. The monoisotopic (exact) mass is 379 g/mol. The van der Waals surface area contributed by atoms with E-state index in [1.807, 2.05) is 16.8 Å². The summed E-state index contributed by atoms with van der Waals surface area (Å²) in [4.78, 5) is 16.3. The molecule has 1 amide bonds. The fourth-order valence-corrected chi connectivity index (χ4v) is 2.76. The van der Waals surface area contributed by atoms with Gasteiger partial charge in [0.1, 0.15) is 5.65 Å². The highest BCUT2D eigenvalue weighted by Gasteiger charge is 2.04. The Morgan fingerprint density at radius 2 is 1.96 bits per heavy atom. The van der Waals surface area contributed by atoms with E-state index in [9.17, 15) is 4.79 Å². The molecule has 2 aromatic heterocycles. The van der Waals surface area contributed by atoms with Gasteiger partial charge in [0.15, 0.2) is 0 Å². The van der Waals surface area contributed by atoms with Crippen molar-refractivity contribution in [3.63, 3.8) is 0 Å². The predicted molar refractivity (Wildman–Crippen MR) is 97.5 cm³/mol. The maximum absolute atomic E-state index is 11.9. The normalized spacial score (nSPS) is 11.3. The van der Waals surface area contributed by atoms with Crippen molar-refractivity contribution in [3.05, 3.63) is 75.1 Å². The fraction of sp³-hybridized carbons (Fsp3) is 0.0588. The fourth-order valence-electron chi connectivity index (χ4n) is 2.13. The van der Waals surface area contributed by atoms with E-state index >= 15 is 0 Å². The summed E-state index contributed by atoms with van der Waals surface area (Å²) in [6.07, 6.45) is 6.71. The SMILES string of the molecule is O=C(/C=C/c1ccc(Cl)cc1Cl)NCc1cn2ccc(Cl)cc2n1. The standard InChI is InChI=1S/C17H12Cl3N3O/c18-12-3-1-11(15(20)7-12)2-4-17(24)21-9-14-10-23-6-5-13(19)8-16(23)22-14/h1-8,10H,9H2,(H,21,24)/b4-2+. The zero-order chi connectivity index (χ0) is 17.1. The van der Waals surface area contributed by atoms with Crippen molar-refractivity contribution in [1.82, 2.24) is 14.7 Å². The molecule has 122 valence electrons. The van der Waals surface area contributed by atoms with Gasteiger partial charge in [-0.2, -0.15) is 0 Å². The number of rotatable bonds is 4. The first-order valence-electron chi connectivity index (χ1n) is 7.05. The van der Waals surface area contributed by atoms with Crippen LogP contribution in [-0.4, -0.2) is 15.3 Å². The van der Waals surface area contributed by atoms with E-state index in [0.717, 1.165) is 16.9 Å². The highest BCUT2D eigenvalue weighted by molar-refractivity contribution is 6.35. The van der Waals surface area contributed by atoms with Crippen LogP contribution in [0.15, 0.2) is 48.8 Å². The molecule has 0 atom stereocenters. The number of hydrogen-bond donors (Lipinski definition) is 1. The van der Waals surface area contributed by atoms with Crippen LogP contribution in [0.1, 0.15) is 11.3 Å². The zero-order valence-electron chi connectivity index (χ0n) is 12.3. The Bertz CT molecular complexity index is 934. The predicted octanol–water partition coefficient (Wildman–Crippen LogP) is 4.62. The summed E-state index contributed by atoms with van der Waals surface area (Å²) in [5, 5.41) is 4.43. The second-order valence-electron chi connectivity index (χ2n) is 5.06. The molecule has 3 rings (SSSR count). The number of hydrogen-bond acceptors (Lipinski definition) is 2. The lowest BCUT2D eigenvalue weighted by Gasteiger charge is -2.00. The summed E-state index contributed by atoms with van der Waals surface area (Å²) >= 11 is 17.8. The molecule has 0 spiro atoms. The van der Waals surface area contributed by atoms with E-state index in [1.165, 1.54) is 6.08 Å². The maximum atomic E-state index is 11.9. The number of benzene rings is 1. The average molecular weight is 381 g/mol. The molecule has 0 unspecified atom stereocenters. The van der Waals surface area contributed by atoms with Crippen LogP contribution in [0.3, 0.4) is 0 Å². The van der Waals surface area contributed by atoms with Crippen molar-refractivity contribution in [1.29, 1.82) is 0 Å². The number of imidazole rings is 1. The molecule has 2 heterocycles. The Morgan fingerprint density at radius 3 is 2.75 bits per heavy atom. The van der Waals surface area contributed by atoms with Gasteiger partial charge in [0.05, 0.1) is 12.2 Å². The lowest BCUT2D eigenvalue weighted by atomic mass is 10.2. The molecule has 0 saturated carbocycles. The van der Waals surface area contributed by atoms with Crippen LogP contribution >= 0.6 is 34.8 Å². The van der Waals surface area contributed by atoms with Crippen molar-refractivity contribution in [2.45, 2.75) is 6.54 Å². The molecule has 0 bridgehead atoms. The molecule has 3 aromatic rings. The summed E-state index contributed by atoms with van der Waals surface area (Å²) in [5.74, 6) is -0.240. The number of halogens is 3. The number of pyridine rings is 1. The van der Waals surface area contributed by atoms with Crippen LogP contribution in [0.5, 0.6) is 0 Å². The van der Waals surface area contributed by atoms with E-state index in [1.54, 1.807) is 36.4 Å². The van der Waals surface area contributed by atoms with Gasteiger partial charge in [0, 0.05) is 33.5 Å². The van der Waals surface area contributed by atoms with Gasteiger partial charge in [-0.15, -0.1) is 0 Å². The van der Waals surface area contributed by atoms with Crippen molar-refractivity contribution >= 4 is 52.4 Å². The molecule has 24 heavy (non-hydrogen) atoms. The molecule has 0 aliphatic carbocycles. The number of amides is 1. The van der Waals surface area contributed by atoms with E-state index in [4.69, 9.17) is 34.8 Å². The number of carbonyl (C=O) groups is 1. The van der Waals surface area contributed by atoms with Crippen LogP contribution in [-0.2, 0) is 11.3 Å². The van der Waals surface area contributed by atoms with Crippen LogP contribution in [0.4, 0.5) is 0 Å². The second-order valence-corrected chi connectivity index (χ2v) is 6.34. The van der Waals surface area contributed by atoms with Crippen LogP contribution in [0.2, 0.25) is 15.1 Å². The number of fused-ring (bicyclic) bond motifs is 1. The molecule has 0 aliphatic heterocycles. The third-order valence-electron chi connectivity index (χ3n) is 3.29. The molecule has 0 aliphatic rings. The highest BCUT2D eigenvalue weighted by Crippen LogP contribution is 2.21. The highest BCUT2D eigenvalue weighted by atomic mass is 35.5. The quantitative estimate of drug-likeness (QED) is 0.671. The van der Waals surface area contributed by atoms with Gasteiger partial charge in [-0.25, -0.2) is 4.98 Å². The van der Waals surface area contributed by atoms with E-state index < -0.39 is 0 Å². The van der Waals surface area contributed by atoms with Crippen molar-refractivity contribution in [2.24, 2.45) is 0 Å². The van der Waals surface area contributed by atoms with E-state index in [-0.39, 0.29) is 5.91 Å². The number of nitrogens with one attached hydrogen (secondary N) is 1. The first-order chi connectivity index (χ1) is 11.5. The van der Waals surface area contributed by atoms with Gasteiger partial charge >= 0.3 is 0 Å². The first kappa shape index (κ1) is 16.8. The van der Waals surface area contributed by atoms with Crippen molar-refractivity contribution in [2.75, 3.05) is 0 Å². The number of nitrogens with zero attached hydrogens (tertiary/aromatic N) is 2. The number of aromatic nitrogens is 2. The molecule has 1 N–H and O–H groups in total. The lowest BCUT2D eigenvalue weighted by Crippen LogP contribution is -2.20. The van der Waals surface area contributed by atoms with Gasteiger partial charge in [-0.3, -0.25) is 4.79 Å². The topological polar surface area (TPSA) is 46.4 Å². The summed E-state index contributed by atoms with van der Waals surface area (Å²) in [6, 6.07) is 8.63. The van der Waals surface area contributed by atoms with Crippen molar-refractivity contribution in [3.8, 4) is 0 Å². The minimum Gasteiger partial charge on any atom is -0.347 e. The minimum absolute atomic E-state index is 0.240. The minimum atomic E-state index is -0.240. The number of carbonyl (C=O) groups excluding carboxylic acids is 1. The third kappa shape index (κ3) is 4.09. The second kappa shape index (κ2) is 7.26. The smallest absolute Gasteiger partial charge is 0.244 e. The Balaban J connectivity index is 1.63. The summed E-state index contributed by atoms with van der Waals surface area (Å²) < 4.78 is 1.84. The Hall–Kier alpha value is -2.01. The Labute approximate surface area is 153 Å². The Morgan fingerprint density at radius 1 is 1.17 bits per heavy atom. The van der Waals surface area contributed by atoms with Crippen LogP contribution < -0.4 is 5.32 Å². The van der Waals surface area contributed by atoms with Crippen LogP contribution in [0.25, 0.3) is 11.7 Å². The third-order valence-corrected chi connectivity index (χ3v) is 4.09. The van der Waals surface area contributed by atoms with Gasteiger partial charge in [-0.05, 0) is 35.9 Å². The van der Waals surface area contributed by atoms with Gasteiger partial charge in [0.25, 0.3) is 0 Å². The molecule has 7 heteroatoms. The van der Waals surface area contributed by atoms with Gasteiger partial charge in [-0.1, -0.05) is 40.9 Å². The zero-order valence-corrected chi connectivity index (χ0v) is 14.6.